The van der Waals surface area contributed by atoms with Crippen LogP contribution in [0.3, 0.4) is 0 Å². The number of carbonyl (C=O) groups is 2. The minimum atomic E-state index is -0.0608. The zero-order valence-corrected chi connectivity index (χ0v) is 18.6. The largest absolute Gasteiger partial charge is 0.358 e. The monoisotopic (exact) mass is 450 g/mol. The third-order valence-electron chi connectivity index (χ3n) is 4.63. The second-order valence-corrected chi connectivity index (χ2v) is 9.05. The predicted molar refractivity (Wildman–Crippen MR) is 126 cm³/mol. The standard InChI is InChI=1S/C23H22N4O2S2/c1-15(28)24-13-18-9-11-21(31-18)20-14-30-23(26-20)27-22(29)12-8-17-7-10-19(25-17)16-5-3-2-4-6-16/h2-7,9-11,14,25H,8,12-13H2,1H3,(H,24,28)(H,26,27,29). The Morgan fingerprint density at radius 1 is 1.06 bits per heavy atom. The van der Waals surface area contributed by atoms with Crippen LogP contribution in [-0.2, 0) is 22.6 Å². The molecule has 0 unspecified atom stereocenters. The first-order valence-electron chi connectivity index (χ1n) is 9.89. The molecule has 31 heavy (non-hydrogen) atoms. The summed E-state index contributed by atoms with van der Waals surface area (Å²) in [6.45, 7) is 2.01. The second-order valence-electron chi connectivity index (χ2n) is 7.03. The second kappa shape index (κ2) is 9.72. The number of carbonyl (C=O) groups excluding carboxylic acids is 2. The smallest absolute Gasteiger partial charge is 0.226 e. The molecule has 3 heterocycles. The van der Waals surface area contributed by atoms with Gasteiger partial charge in [-0.15, -0.1) is 22.7 Å². The van der Waals surface area contributed by atoms with Gasteiger partial charge in [0, 0.05) is 35.0 Å². The molecule has 1 aromatic carbocycles. The van der Waals surface area contributed by atoms with E-state index in [4.69, 9.17) is 0 Å². The lowest BCUT2D eigenvalue weighted by Crippen LogP contribution is -2.17. The van der Waals surface area contributed by atoms with Gasteiger partial charge in [-0.05, 0) is 36.2 Å². The number of nitrogens with zero attached hydrogens (tertiary/aromatic N) is 1. The molecule has 6 nitrogen and oxygen atoms in total. The lowest BCUT2D eigenvalue weighted by Gasteiger charge is -2.01. The van der Waals surface area contributed by atoms with Crippen molar-refractivity contribution in [1.82, 2.24) is 15.3 Å². The number of thiazole rings is 1. The van der Waals surface area contributed by atoms with Gasteiger partial charge in [-0.25, -0.2) is 4.98 Å². The maximum Gasteiger partial charge on any atom is 0.226 e. The summed E-state index contributed by atoms with van der Waals surface area (Å²) in [7, 11) is 0. The number of nitrogens with one attached hydrogen (secondary N) is 3. The number of hydrogen-bond donors (Lipinski definition) is 3. The fourth-order valence-electron chi connectivity index (χ4n) is 3.07. The SMILES string of the molecule is CC(=O)NCc1ccc(-c2csc(NC(=O)CCc3ccc(-c4ccccc4)[nH]3)n2)s1. The number of thiophene rings is 1. The minimum absolute atomic E-state index is 0.0516. The van der Waals surface area contributed by atoms with Crippen molar-refractivity contribution in [3.63, 3.8) is 0 Å². The maximum atomic E-state index is 12.4. The van der Waals surface area contributed by atoms with Crippen molar-refractivity contribution in [3.8, 4) is 21.8 Å². The summed E-state index contributed by atoms with van der Waals surface area (Å²) in [5, 5.41) is 8.20. The highest BCUT2D eigenvalue weighted by molar-refractivity contribution is 7.17. The van der Waals surface area contributed by atoms with Crippen LogP contribution >= 0.6 is 22.7 Å². The summed E-state index contributed by atoms with van der Waals surface area (Å²) >= 11 is 2.99. The molecule has 0 aliphatic rings. The molecule has 2 amide bonds. The van der Waals surface area contributed by atoms with Gasteiger partial charge in [0.15, 0.2) is 5.13 Å². The highest BCUT2D eigenvalue weighted by atomic mass is 32.1. The number of H-pyrrole nitrogens is 1. The normalized spacial score (nSPS) is 10.7. The van der Waals surface area contributed by atoms with Gasteiger partial charge >= 0.3 is 0 Å². The van der Waals surface area contributed by atoms with E-state index < -0.39 is 0 Å². The van der Waals surface area contributed by atoms with Crippen LogP contribution in [0.15, 0.2) is 60.0 Å². The molecule has 0 saturated heterocycles. The lowest BCUT2D eigenvalue weighted by atomic mass is 10.2. The molecule has 4 rings (SSSR count). The van der Waals surface area contributed by atoms with Crippen molar-refractivity contribution < 1.29 is 9.59 Å². The van der Waals surface area contributed by atoms with E-state index in [0.29, 0.717) is 24.5 Å². The molecular weight excluding hydrogens is 428 g/mol. The highest BCUT2D eigenvalue weighted by Gasteiger charge is 2.11. The fourth-order valence-corrected chi connectivity index (χ4v) is 4.78. The Morgan fingerprint density at radius 3 is 2.71 bits per heavy atom. The van der Waals surface area contributed by atoms with E-state index in [2.05, 4.69) is 32.7 Å². The summed E-state index contributed by atoms with van der Waals surface area (Å²) in [5.41, 5.74) is 4.03. The topological polar surface area (TPSA) is 86.9 Å². The predicted octanol–water partition coefficient (Wildman–Crippen LogP) is 5.07. The van der Waals surface area contributed by atoms with Crippen LogP contribution in [-0.4, -0.2) is 21.8 Å². The van der Waals surface area contributed by atoms with Crippen LogP contribution < -0.4 is 10.6 Å². The van der Waals surface area contributed by atoms with E-state index >= 15 is 0 Å². The van der Waals surface area contributed by atoms with E-state index in [0.717, 1.165) is 32.4 Å². The van der Waals surface area contributed by atoms with E-state index in [1.54, 1.807) is 11.3 Å². The van der Waals surface area contributed by atoms with E-state index in [9.17, 15) is 9.59 Å². The van der Waals surface area contributed by atoms with E-state index in [1.807, 2.05) is 47.8 Å². The molecule has 0 bridgehead atoms. The van der Waals surface area contributed by atoms with E-state index in [-0.39, 0.29) is 11.8 Å². The van der Waals surface area contributed by atoms with Crippen molar-refractivity contribution in [3.05, 3.63) is 70.5 Å². The highest BCUT2D eigenvalue weighted by Crippen LogP contribution is 2.31. The lowest BCUT2D eigenvalue weighted by molar-refractivity contribution is -0.119. The van der Waals surface area contributed by atoms with Crippen molar-refractivity contribution in [2.75, 3.05) is 5.32 Å². The number of rotatable bonds is 8. The Morgan fingerprint density at radius 2 is 1.90 bits per heavy atom. The third kappa shape index (κ3) is 5.68. The molecule has 8 heteroatoms. The van der Waals surface area contributed by atoms with Crippen LogP contribution in [0.4, 0.5) is 5.13 Å². The van der Waals surface area contributed by atoms with Gasteiger partial charge in [0.25, 0.3) is 0 Å². The number of amides is 2. The molecule has 3 aromatic heterocycles. The number of anilines is 1. The van der Waals surface area contributed by atoms with Gasteiger partial charge in [-0.2, -0.15) is 0 Å². The summed E-state index contributed by atoms with van der Waals surface area (Å²) in [6.07, 6.45) is 1.01. The quantitative estimate of drug-likeness (QED) is 0.350. The molecule has 0 aliphatic heterocycles. The van der Waals surface area contributed by atoms with Crippen molar-refractivity contribution in [1.29, 1.82) is 0 Å². The number of benzene rings is 1. The molecule has 0 radical (unpaired) electrons. The molecule has 3 N–H and O–H groups in total. The van der Waals surface area contributed by atoms with Gasteiger partial charge in [0.2, 0.25) is 11.8 Å². The minimum Gasteiger partial charge on any atom is -0.358 e. The summed E-state index contributed by atoms with van der Waals surface area (Å²) in [6, 6.07) is 18.1. The first-order chi connectivity index (χ1) is 15.1. The number of hydrogen-bond acceptors (Lipinski definition) is 5. The molecule has 0 atom stereocenters. The molecule has 0 fully saturated rings. The van der Waals surface area contributed by atoms with Gasteiger partial charge in [0.1, 0.15) is 0 Å². The summed E-state index contributed by atoms with van der Waals surface area (Å²) in [4.78, 5) is 33.4. The molecule has 0 saturated carbocycles. The van der Waals surface area contributed by atoms with Crippen molar-refractivity contribution in [2.24, 2.45) is 0 Å². The Balaban J connectivity index is 1.29. The molecule has 4 aromatic rings. The van der Waals surface area contributed by atoms with Crippen molar-refractivity contribution in [2.45, 2.75) is 26.3 Å². The zero-order valence-electron chi connectivity index (χ0n) is 17.0. The Labute approximate surface area is 188 Å². The van der Waals surface area contributed by atoms with Gasteiger partial charge in [-0.3, -0.25) is 9.59 Å². The molecular formula is C23H22N4O2S2. The molecule has 158 valence electrons. The number of aromatic nitrogens is 2. The first kappa shape index (κ1) is 21.0. The average molecular weight is 451 g/mol. The average Bonchev–Trinajstić information content (AvgIpc) is 3.52. The van der Waals surface area contributed by atoms with Crippen molar-refractivity contribution >= 4 is 39.6 Å². The zero-order chi connectivity index (χ0) is 21.6. The van der Waals surface area contributed by atoms with Crippen LogP contribution in [0.25, 0.3) is 21.8 Å². The van der Waals surface area contributed by atoms with Crippen LogP contribution in [0.5, 0.6) is 0 Å². The van der Waals surface area contributed by atoms with Crippen LogP contribution in [0.2, 0.25) is 0 Å². The van der Waals surface area contributed by atoms with Gasteiger partial charge in [0.05, 0.1) is 17.1 Å². The Bertz CT molecular complexity index is 1180. The molecule has 0 spiro atoms. The molecule has 0 aliphatic carbocycles. The summed E-state index contributed by atoms with van der Waals surface area (Å²) in [5.74, 6) is -0.112. The van der Waals surface area contributed by atoms with Gasteiger partial charge in [-0.1, -0.05) is 30.3 Å². The Kier molecular flexibility index (Phi) is 6.59. The third-order valence-corrected chi connectivity index (χ3v) is 6.49. The Hall–Kier alpha value is -3.23. The first-order valence-corrected chi connectivity index (χ1v) is 11.6. The van der Waals surface area contributed by atoms with Gasteiger partial charge < -0.3 is 15.6 Å². The fraction of sp³-hybridized carbons (Fsp3) is 0.174. The van der Waals surface area contributed by atoms with E-state index in [1.165, 1.54) is 18.3 Å². The van der Waals surface area contributed by atoms with Crippen LogP contribution in [0, 0.1) is 0 Å². The summed E-state index contributed by atoms with van der Waals surface area (Å²) < 4.78 is 0. The number of aromatic amines is 1. The van der Waals surface area contributed by atoms with Crippen LogP contribution in [0.1, 0.15) is 23.9 Å². The maximum absolute atomic E-state index is 12.4. The number of aryl methyl sites for hydroxylation is 1.